The maximum absolute atomic E-state index is 13.5. The van der Waals surface area contributed by atoms with Gasteiger partial charge in [-0.05, 0) is 18.6 Å². The van der Waals surface area contributed by atoms with Crippen molar-refractivity contribution in [2.45, 2.75) is 12.7 Å². The first-order valence-electron chi connectivity index (χ1n) is 4.62. The van der Waals surface area contributed by atoms with Gasteiger partial charge in [0.05, 0.1) is 20.0 Å². The standard InChI is InChI=1S/C10H12ClFO4S/c1-6-4-8(12)10(16-3)9(15-2)7(6)5-17(11,13)14/h4H,5H2,1-3H3. The molecule has 0 spiro atoms. The Balaban J connectivity index is 3.47. The number of methoxy groups -OCH3 is 2. The predicted octanol–water partition coefficient (Wildman–Crippen LogP) is 2.22. The molecule has 7 heteroatoms. The zero-order valence-electron chi connectivity index (χ0n) is 9.58. The van der Waals surface area contributed by atoms with Crippen LogP contribution in [0.15, 0.2) is 6.07 Å². The minimum Gasteiger partial charge on any atom is -0.492 e. The molecule has 0 heterocycles. The van der Waals surface area contributed by atoms with Gasteiger partial charge < -0.3 is 9.47 Å². The van der Waals surface area contributed by atoms with Crippen LogP contribution in [0.4, 0.5) is 4.39 Å². The summed E-state index contributed by atoms with van der Waals surface area (Å²) in [5.74, 6) is -1.14. The lowest BCUT2D eigenvalue weighted by atomic mass is 10.1. The molecule has 0 atom stereocenters. The highest BCUT2D eigenvalue weighted by Gasteiger charge is 2.21. The largest absolute Gasteiger partial charge is 0.492 e. The Hall–Kier alpha value is -1.01. The molecule has 0 radical (unpaired) electrons. The summed E-state index contributed by atoms with van der Waals surface area (Å²) in [6.07, 6.45) is 0. The molecular formula is C10H12ClFO4S. The maximum Gasteiger partial charge on any atom is 0.236 e. The van der Waals surface area contributed by atoms with Gasteiger partial charge in [0.15, 0.2) is 17.3 Å². The third-order valence-electron chi connectivity index (χ3n) is 2.24. The quantitative estimate of drug-likeness (QED) is 0.795. The summed E-state index contributed by atoms with van der Waals surface area (Å²) in [6, 6.07) is 1.18. The van der Waals surface area contributed by atoms with E-state index in [9.17, 15) is 12.8 Å². The van der Waals surface area contributed by atoms with Gasteiger partial charge in [-0.1, -0.05) is 0 Å². The molecule has 0 saturated heterocycles. The molecule has 0 unspecified atom stereocenters. The molecule has 96 valence electrons. The molecule has 1 aromatic carbocycles. The van der Waals surface area contributed by atoms with Crippen molar-refractivity contribution in [2.24, 2.45) is 0 Å². The van der Waals surface area contributed by atoms with Gasteiger partial charge in [-0.25, -0.2) is 12.8 Å². The lowest BCUT2D eigenvalue weighted by Gasteiger charge is -2.15. The van der Waals surface area contributed by atoms with Crippen molar-refractivity contribution >= 4 is 19.7 Å². The SMILES string of the molecule is COc1c(F)cc(C)c(CS(=O)(=O)Cl)c1OC. The van der Waals surface area contributed by atoms with Crippen molar-refractivity contribution < 1.29 is 22.3 Å². The number of aryl methyl sites for hydroxylation is 1. The fourth-order valence-electron chi connectivity index (χ4n) is 1.53. The van der Waals surface area contributed by atoms with E-state index >= 15 is 0 Å². The summed E-state index contributed by atoms with van der Waals surface area (Å²) in [6.45, 7) is 1.57. The molecule has 0 aliphatic heterocycles. The Morgan fingerprint density at radius 3 is 2.24 bits per heavy atom. The fourth-order valence-corrected chi connectivity index (χ4v) is 2.56. The van der Waals surface area contributed by atoms with E-state index in [-0.39, 0.29) is 11.5 Å². The van der Waals surface area contributed by atoms with E-state index in [1.807, 2.05) is 0 Å². The highest BCUT2D eigenvalue weighted by Crippen LogP contribution is 2.37. The van der Waals surface area contributed by atoms with Crippen LogP contribution in [-0.4, -0.2) is 22.6 Å². The minimum atomic E-state index is -3.76. The van der Waals surface area contributed by atoms with Gasteiger partial charge in [0.1, 0.15) is 0 Å². The molecule has 0 aliphatic carbocycles. The average molecular weight is 283 g/mol. The van der Waals surface area contributed by atoms with E-state index in [4.69, 9.17) is 20.2 Å². The molecule has 1 rings (SSSR count). The van der Waals surface area contributed by atoms with Crippen LogP contribution in [0.3, 0.4) is 0 Å². The molecule has 0 fully saturated rings. The van der Waals surface area contributed by atoms with Gasteiger partial charge in [0, 0.05) is 16.2 Å². The molecule has 17 heavy (non-hydrogen) atoms. The molecule has 0 saturated carbocycles. The van der Waals surface area contributed by atoms with Gasteiger partial charge in [-0.2, -0.15) is 0 Å². The molecule has 0 aliphatic rings. The van der Waals surface area contributed by atoms with Crippen molar-refractivity contribution in [2.75, 3.05) is 14.2 Å². The lowest BCUT2D eigenvalue weighted by molar-refractivity contribution is 0.335. The van der Waals surface area contributed by atoms with Crippen LogP contribution in [0.25, 0.3) is 0 Å². The van der Waals surface area contributed by atoms with Crippen LogP contribution < -0.4 is 9.47 Å². The zero-order valence-corrected chi connectivity index (χ0v) is 11.2. The van der Waals surface area contributed by atoms with Gasteiger partial charge in [0.2, 0.25) is 9.05 Å². The second-order valence-corrected chi connectivity index (χ2v) is 6.18. The van der Waals surface area contributed by atoms with E-state index in [2.05, 4.69) is 0 Å². The normalized spacial score (nSPS) is 11.4. The summed E-state index contributed by atoms with van der Waals surface area (Å²) in [7, 11) is 4.01. The van der Waals surface area contributed by atoms with Crippen LogP contribution in [0.1, 0.15) is 11.1 Å². The number of halogens is 2. The van der Waals surface area contributed by atoms with Crippen LogP contribution in [0, 0.1) is 12.7 Å². The Labute approximate surface area is 104 Å². The number of benzene rings is 1. The number of ether oxygens (including phenoxy) is 2. The van der Waals surface area contributed by atoms with E-state index in [1.54, 1.807) is 6.92 Å². The molecule has 0 N–H and O–H groups in total. The smallest absolute Gasteiger partial charge is 0.236 e. The van der Waals surface area contributed by atoms with E-state index < -0.39 is 20.6 Å². The molecule has 4 nitrogen and oxygen atoms in total. The second-order valence-electron chi connectivity index (χ2n) is 3.40. The highest BCUT2D eigenvalue weighted by atomic mass is 35.7. The van der Waals surface area contributed by atoms with Gasteiger partial charge >= 0.3 is 0 Å². The molecule has 0 aromatic heterocycles. The van der Waals surface area contributed by atoms with E-state index in [0.29, 0.717) is 11.1 Å². The second kappa shape index (κ2) is 5.10. The molecule has 0 bridgehead atoms. The summed E-state index contributed by atoms with van der Waals surface area (Å²) < 4.78 is 45.5. The first-order chi connectivity index (χ1) is 7.80. The third-order valence-corrected chi connectivity index (χ3v) is 3.20. The highest BCUT2D eigenvalue weighted by molar-refractivity contribution is 8.13. The number of rotatable bonds is 4. The van der Waals surface area contributed by atoms with E-state index in [1.165, 1.54) is 20.3 Å². The Morgan fingerprint density at radius 1 is 1.29 bits per heavy atom. The lowest BCUT2D eigenvalue weighted by Crippen LogP contribution is -2.04. The van der Waals surface area contributed by atoms with Crippen molar-refractivity contribution in [3.05, 3.63) is 23.0 Å². The Kier molecular flexibility index (Phi) is 4.21. The van der Waals surface area contributed by atoms with Crippen molar-refractivity contribution in [3.63, 3.8) is 0 Å². The number of hydrogen-bond acceptors (Lipinski definition) is 4. The predicted molar refractivity (Wildman–Crippen MR) is 62.7 cm³/mol. The summed E-state index contributed by atoms with van der Waals surface area (Å²) in [5, 5.41) is 0. The maximum atomic E-state index is 13.5. The van der Waals surface area contributed by atoms with Crippen LogP contribution in [0.2, 0.25) is 0 Å². The monoisotopic (exact) mass is 282 g/mol. The molecule has 1 aromatic rings. The van der Waals surface area contributed by atoms with Crippen LogP contribution in [-0.2, 0) is 14.8 Å². The first kappa shape index (κ1) is 14.1. The first-order valence-corrected chi connectivity index (χ1v) is 7.10. The van der Waals surface area contributed by atoms with Gasteiger partial charge in [-0.15, -0.1) is 0 Å². The molecular weight excluding hydrogens is 271 g/mol. The third kappa shape index (κ3) is 3.23. The van der Waals surface area contributed by atoms with Crippen molar-refractivity contribution in [1.29, 1.82) is 0 Å². The Morgan fingerprint density at radius 2 is 1.82 bits per heavy atom. The fraction of sp³-hybridized carbons (Fsp3) is 0.400. The van der Waals surface area contributed by atoms with E-state index in [0.717, 1.165) is 0 Å². The van der Waals surface area contributed by atoms with Gasteiger partial charge in [-0.3, -0.25) is 0 Å². The minimum absolute atomic E-state index is 0.0502. The van der Waals surface area contributed by atoms with Crippen molar-refractivity contribution in [1.82, 2.24) is 0 Å². The topological polar surface area (TPSA) is 52.6 Å². The van der Waals surface area contributed by atoms with Gasteiger partial charge in [0.25, 0.3) is 0 Å². The summed E-state index contributed by atoms with van der Waals surface area (Å²) >= 11 is 0. The number of hydrogen-bond donors (Lipinski definition) is 0. The summed E-state index contributed by atoms with van der Waals surface area (Å²) in [4.78, 5) is 0. The Bertz CT molecular complexity index is 528. The van der Waals surface area contributed by atoms with Crippen molar-refractivity contribution in [3.8, 4) is 11.5 Å². The molecule has 0 amide bonds. The summed E-state index contributed by atoms with van der Waals surface area (Å²) in [5.41, 5.74) is 0.727. The zero-order chi connectivity index (χ0) is 13.2. The van der Waals surface area contributed by atoms with Crippen LogP contribution in [0.5, 0.6) is 11.5 Å². The van der Waals surface area contributed by atoms with Crippen LogP contribution >= 0.6 is 10.7 Å². The average Bonchev–Trinajstić information content (AvgIpc) is 2.19.